The lowest BCUT2D eigenvalue weighted by molar-refractivity contribution is 0.0378. The van der Waals surface area contributed by atoms with Crippen molar-refractivity contribution in [1.82, 2.24) is 15.2 Å². The van der Waals surface area contributed by atoms with E-state index in [1.807, 2.05) is 19.9 Å². The fourth-order valence-electron chi connectivity index (χ4n) is 3.49. The van der Waals surface area contributed by atoms with Crippen molar-refractivity contribution in [2.24, 2.45) is 0 Å². The topological polar surface area (TPSA) is 74.4 Å². The molecule has 1 aliphatic rings. The summed E-state index contributed by atoms with van der Waals surface area (Å²) in [6.07, 6.45) is 1.77. The van der Waals surface area contributed by atoms with Crippen LogP contribution in [-0.2, 0) is 4.74 Å². The number of piperidine rings is 1. The molecule has 1 aromatic heterocycles. The molecule has 6 heteroatoms. The number of ether oxygens (including phenoxy) is 1. The quantitative estimate of drug-likeness (QED) is 0.791. The molecule has 0 atom stereocenters. The fraction of sp³-hybridized carbons (Fsp3) is 0.524. The predicted octanol–water partition coefficient (Wildman–Crippen LogP) is 3.34. The maximum Gasteiger partial charge on any atom is 0.338 e. The maximum atomic E-state index is 12.6. The summed E-state index contributed by atoms with van der Waals surface area (Å²) < 4.78 is 5.23. The van der Waals surface area contributed by atoms with Gasteiger partial charge < -0.3 is 19.9 Å². The number of esters is 1. The number of fused-ring (bicyclic) bond motifs is 1. The molecule has 3 rings (SSSR count). The Labute approximate surface area is 160 Å². The van der Waals surface area contributed by atoms with Crippen LogP contribution in [0.4, 0.5) is 0 Å². The number of aromatic amines is 1. The third kappa shape index (κ3) is 4.69. The van der Waals surface area contributed by atoms with E-state index in [0.717, 1.165) is 36.8 Å². The zero-order valence-corrected chi connectivity index (χ0v) is 16.5. The Morgan fingerprint density at radius 3 is 2.48 bits per heavy atom. The van der Waals surface area contributed by atoms with Gasteiger partial charge in [-0.2, -0.15) is 0 Å². The highest BCUT2D eigenvalue weighted by Crippen LogP contribution is 2.19. The van der Waals surface area contributed by atoms with Gasteiger partial charge in [0.05, 0.1) is 11.7 Å². The molecule has 6 nitrogen and oxygen atoms in total. The molecule has 2 N–H and O–H groups in total. The second kappa shape index (κ2) is 8.13. The molecule has 146 valence electrons. The average Bonchev–Trinajstić information content (AvgIpc) is 3.05. The first-order valence-electron chi connectivity index (χ1n) is 9.72. The predicted molar refractivity (Wildman–Crippen MR) is 106 cm³/mol. The van der Waals surface area contributed by atoms with Crippen molar-refractivity contribution in [3.05, 3.63) is 35.5 Å². The minimum absolute atomic E-state index is 0.0968. The van der Waals surface area contributed by atoms with Crippen LogP contribution in [0.5, 0.6) is 0 Å². The van der Waals surface area contributed by atoms with Gasteiger partial charge in [-0.1, -0.05) is 0 Å². The van der Waals surface area contributed by atoms with E-state index in [0.29, 0.717) is 17.3 Å². The highest BCUT2D eigenvalue weighted by molar-refractivity contribution is 6.00. The summed E-state index contributed by atoms with van der Waals surface area (Å²) in [7, 11) is 0. The first-order chi connectivity index (χ1) is 12.8. The van der Waals surface area contributed by atoms with Gasteiger partial charge in [0.1, 0.15) is 5.69 Å². The van der Waals surface area contributed by atoms with Gasteiger partial charge in [-0.25, -0.2) is 4.79 Å². The van der Waals surface area contributed by atoms with Gasteiger partial charge in [-0.3, -0.25) is 4.79 Å². The van der Waals surface area contributed by atoms with Crippen molar-refractivity contribution in [3.63, 3.8) is 0 Å². The van der Waals surface area contributed by atoms with E-state index in [1.165, 1.54) is 0 Å². The van der Waals surface area contributed by atoms with Crippen LogP contribution >= 0.6 is 0 Å². The van der Waals surface area contributed by atoms with Crippen LogP contribution in [0.3, 0.4) is 0 Å². The molecule has 2 heterocycles. The Kier molecular flexibility index (Phi) is 5.85. The molecule has 1 fully saturated rings. The summed E-state index contributed by atoms with van der Waals surface area (Å²) in [5, 5.41) is 3.96. The molecular weight excluding hydrogens is 342 g/mol. The molecule has 2 aromatic rings. The van der Waals surface area contributed by atoms with Gasteiger partial charge in [0, 0.05) is 36.1 Å². The second-order valence-electron chi connectivity index (χ2n) is 7.82. The Morgan fingerprint density at radius 2 is 1.85 bits per heavy atom. The van der Waals surface area contributed by atoms with E-state index < -0.39 is 0 Å². The van der Waals surface area contributed by atoms with Crippen LogP contribution in [0.1, 0.15) is 61.4 Å². The Morgan fingerprint density at radius 1 is 1.15 bits per heavy atom. The Balaban J connectivity index is 1.66. The smallest absolute Gasteiger partial charge is 0.338 e. The summed E-state index contributed by atoms with van der Waals surface area (Å²) in [5.41, 5.74) is 1.84. The normalized spacial score (nSPS) is 16.2. The van der Waals surface area contributed by atoms with Crippen LogP contribution < -0.4 is 5.32 Å². The van der Waals surface area contributed by atoms with Crippen LogP contribution in [0.2, 0.25) is 0 Å². The SMILES string of the molecule is CC(C)OC(=O)c1ccc2[nH]c(C(=O)NC3CCN(C(C)C)CC3)cc2c1. The number of hydrogen-bond acceptors (Lipinski definition) is 4. The van der Waals surface area contributed by atoms with Gasteiger partial charge in [-0.05, 0) is 64.8 Å². The van der Waals surface area contributed by atoms with Gasteiger partial charge in [0.25, 0.3) is 5.91 Å². The molecule has 0 bridgehead atoms. The molecule has 0 spiro atoms. The number of carbonyl (C=O) groups is 2. The summed E-state index contributed by atoms with van der Waals surface area (Å²) in [4.78, 5) is 30.3. The van der Waals surface area contributed by atoms with Crippen molar-refractivity contribution in [2.75, 3.05) is 13.1 Å². The lowest BCUT2D eigenvalue weighted by Gasteiger charge is -2.34. The maximum absolute atomic E-state index is 12.6. The number of likely N-dealkylation sites (tertiary alicyclic amines) is 1. The molecular formula is C21H29N3O3. The van der Waals surface area contributed by atoms with E-state index in [4.69, 9.17) is 4.74 Å². The largest absolute Gasteiger partial charge is 0.459 e. The summed E-state index contributed by atoms with van der Waals surface area (Å²) in [6, 6.07) is 7.83. The van der Waals surface area contributed by atoms with Crippen molar-refractivity contribution in [3.8, 4) is 0 Å². The highest BCUT2D eigenvalue weighted by atomic mass is 16.5. The number of benzene rings is 1. The summed E-state index contributed by atoms with van der Waals surface area (Å²) in [6.45, 7) is 10.1. The standard InChI is InChI=1S/C21H29N3O3/c1-13(2)24-9-7-17(8-10-24)22-20(25)19-12-16-11-15(5-6-18(16)23-19)21(26)27-14(3)4/h5-6,11-14,17,23H,7-10H2,1-4H3,(H,22,25). The third-order valence-corrected chi connectivity index (χ3v) is 5.04. The van der Waals surface area contributed by atoms with Gasteiger partial charge >= 0.3 is 5.97 Å². The number of hydrogen-bond donors (Lipinski definition) is 2. The number of aromatic nitrogens is 1. The van der Waals surface area contributed by atoms with Gasteiger partial charge in [-0.15, -0.1) is 0 Å². The van der Waals surface area contributed by atoms with Crippen molar-refractivity contribution >= 4 is 22.8 Å². The third-order valence-electron chi connectivity index (χ3n) is 5.04. The lowest BCUT2D eigenvalue weighted by Crippen LogP contribution is -2.46. The molecule has 1 saturated heterocycles. The zero-order chi connectivity index (χ0) is 19.6. The van der Waals surface area contributed by atoms with Crippen LogP contribution in [0, 0.1) is 0 Å². The zero-order valence-electron chi connectivity index (χ0n) is 16.5. The molecule has 0 unspecified atom stereocenters. The molecule has 1 aliphatic heterocycles. The fourth-order valence-corrected chi connectivity index (χ4v) is 3.49. The van der Waals surface area contributed by atoms with Crippen molar-refractivity contribution < 1.29 is 14.3 Å². The van der Waals surface area contributed by atoms with Crippen molar-refractivity contribution in [1.29, 1.82) is 0 Å². The number of nitrogens with one attached hydrogen (secondary N) is 2. The van der Waals surface area contributed by atoms with E-state index in [1.54, 1.807) is 18.2 Å². The van der Waals surface area contributed by atoms with Gasteiger partial charge in [0.2, 0.25) is 0 Å². The first kappa shape index (κ1) is 19.4. The number of amides is 1. The van der Waals surface area contributed by atoms with Gasteiger partial charge in [0.15, 0.2) is 0 Å². The molecule has 1 amide bonds. The minimum Gasteiger partial charge on any atom is -0.459 e. The van der Waals surface area contributed by atoms with Crippen molar-refractivity contribution in [2.45, 2.75) is 58.7 Å². The molecule has 0 saturated carbocycles. The Hall–Kier alpha value is -2.34. The first-order valence-corrected chi connectivity index (χ1v) is 9.72. The highest BCUT2D eigenvalue weighted by Gasteiger charge is 2.23. The monoisotopic (exact) mass is 371 g/mol. The molecule has 0 aliphatic carbocycles. The van der Waals surface area contributed by atoms with E-state index in [2.05, 4.69) is 29.0 Å². The number of rotatable bonds is 5. The summed E-state index contributed by atoms with van der Waals surface area (Å²) >= 11 is 0. The molecule has 27 heavy (non-hydrogen) atoms. The summed E-state index contributed by atoms with van der Waals surface area (Å²) in [5.74, 6) is -0.448. The number of nitrogens with zero attached hydrogens (tertiary/aromatic N) is 1. The Bertz CT molecular complexity index is 817. The van der Waals surface area contributed by atoms with Crippen LogP contribution in [0.15, 0.2) is 24.3 Å². The lowest BCUT2D eigenvalue weighted by atomic mass is 10.0. The molecule has 0 radical (unpaired) electrons. The number of carbonyl (C=O) groups excluding carboxylic acids is 2. The van der Waals surface area contributed by atoms with Crippen LogP contribution in [0.25, 0.3) is 10.9 Å². The second-order valence-corrected chi connectivity index (χ2v) is 7.82. The molecule has 1 aromatic carbocycles. The van der Waals surface area contributed by atoms with E-state index in [9.17, 15) is 9.59 Å². The van der Waals surface area contributed by atoms with Crippen LogP contribution in [-0.4, -0.2) is 53.0 Å². The van der Waals surface area contributed by atoms with E-state index >= 15 is 0 Å². The average molecular weight is 371 g/mol. The minimum atomic E-state index is -0.351. The van der Waals surface area contributed by atoms with E-state index in [-0.39, 0.29) is 24.0 Å². The number of H-pyrrole nitrogens is 1.